The highest BCUT2D eigenvalue weighted by Crippen LogP contribution is 2.36. The maximum absolute atomic E-state index is 12.8. The van der Waals surface area contributed by atoms with Crippen molar-refractivity contribution in [2.75, 3.05) is 5.32 Å². The van der Waals surface area contributed by atoms with Gasteiger partial charge in [-0.2, -0.15) is 13.2 Å². The van der Waals surface area contributed by atoms with Crippen molar-refractivity contribution in [3.63, 3.8) is 0 Å². The largest absolute Gasteiger partial charge is 0.416 e. The number of thioether (sulfide) groups is 1. The van der Waals surface area contributed by atoms with Gasteiger partial charge in [0.25, 0.3) is 5.56 Å². The molecule has 30 heavy (non-hydrogen) atoms. The summed E-state index contributed by atoms with van der Waals surface area (Å²) in [7, 11) is 0. The number of aromatic nitrogens is 2. The van der Waals surface area contributed by atoms with Crippen molar-refractivity contribution in [1.29, 1.82) is 0 Å². The van der Waals surface area contributed by atoms with E-state index in [9.17, 15) is 22.8 Å². The van der Waals surface area contributed by atoms with Gasteiger partial charge in [-0.05, 0) is 23.3 Å². The molecule has 0 fully saturated rings. The van der Waals surface area contributed by atoms with Crippen molar-refractivity contribution in [3.05, 3.63) is 87.2 Å². The molecule has 0 bridgehead atoms. The molecule has 3 aromatic rings. The van der Waals surface area contributed by atoms with Gasteiger partial charge in [0.1, 0.15) is 5.82 Å². The Balaban J connectivity index is 1.64. The van der Waals surface area contributed by atoms with E-state index in [0.29, 0.717) is 16.5 Å². The van der Waals surface area contributed by atoms with Crippen molar-refractivity contribution in [2.24, 2.45) is 0 Å². The van der Waals surface area contributed by atoms with E-state index in [1.165, 1.54) is 23.9 Å². The molecule has 1 aliphatic rings. The van der Waals surface area contributed by atoms with Crippen LogP contribution < -0.4 is 10.9 Å². The predicted molar refractivity (Wildman–Crippen MR) is 107 cm³/mol. The topological polar surface area (TPSA) is 74.8 Å². The van der Waals surface area contributed by atoms with Crippen molar-refractivity contribution < 1.29 is 18.0 Å². The predicted octanol–water partition coefficient (Wildman–Crippen LogP) is 4.56. The number of aromatic amines is 1. The van der Waals surface area contributed by atoms with Gasteiger partial charge in [0, 0.05) is 18.1 Å². The fraction of sp³-hybridized carbons (Fsp3) is 0.190. The van der Waals surface area contributed by atoms with Crippen LogP contribution in [-0.4, -0.2) is 15.9 Å². The average molecular weight is 431 g/mol. The molecule has 0 spiro atoms. The quantitative estimate of drug-likeness (QED) is 0.469. The van der Waals surface area contributed by atoms with Crippen LogP contribution in [0.25, 0.3) is 0 Å². The summed E-state index contributed by atoms with van der Waals surface area (Å²) in [4.78, 5) is 32.0. The first-order chi connectivity index (χ1) is 14.3. The van der Waals surface area contributed by atoms with Crippen LogP contribution in [0.4, 0.5) is 19.0 Å². The van der Waals surface area contributed by atoms with E-state index in [4.69, 9.17) is 0 Å². The van der Waals surface area contributed by atoms with Gasteiger partial charge < -0.3 is 10.3 Å². The van der Waals surface area contributed by atoms with Crippen LogP contribution in [0.3, 0.4) is 0 Å². The molecular formula is C21H16F3N3O2S. The van der Waals surface area contributed by atoms with E-state index in [1.54, 1.807) is 0 Å². The van der Waals surface area contributed by atoms with E-state index in [-0.39, 0.29) is 23.7 Å². The number of fused-ring (bicyclic) bond motifs is 1. The van der Waals surface area contributed by atoms with Crippen molar-refractivity contribution in [3.8, 4) is 0 Å². The van der Waals surface area contributed by atoms with Crippen molar-refractivity contribution in [1.82, 2.24) is 9.97 Å². The minimum Gasteiger partial charge on any atom is -0.310 e. The summed E-state index contributed by atoms with van der Waals surface area (Å²) in [5.74, 6) is -0.279. The first kappa shape index (κ1) is 20.2. The summed E-state index contributed by atoms with van der Waals surface area (Å²) in [5.41, 5.74) is 0.552. The van der Waals surface area contributed by atoms with E-state index >= 15 is 0 Å². The molecule has 1 amide bonds. The number of anilines is 1. The molecule has 5 nitrogen and oxygen atoms in total. The molecule has 154 valence electrons. The van der Waals surface area contributed by atoms with E-state index in [2.05, 4.69) is 15.3 Å². The molecule has 0 radical (unpaired) electrons. The highest BCUT2D eigenvalue weighted by molar-refractivity contribution is 7.98. The number of nitrogens with one attached hydrogen (secondary N) is 2. The summed E-state index contributed by atoms with van der Waals surface area (Å²) >= 11 is 1.32. The van der Waals surface area contributed by atoms with Gasteiger partial charge in [-0.15, -0.1) is 0 Å². The smallest absolute Gasteiger partial charge is 0.310 e. The summed E-state index contributed by atoms with van der Waals surface area (Å²) in [5, 5.41) is 2.97. The van der Waals surface area contributed by atoms with E-state index in [1.807, 2.05) is 30.3 Å². The zero-order valence-corrected chi connectivity index (χ0v) is 16.3. The summed E-state index contributed by atoms with van der Waals surface area (Å²) in [6.45, 7) is 0. The second-order valence-electron chi connectivity index (χ2n) is 6.83. The zero-order chi connectivity index (χ0) is 21.3. The van der Waals surface area contributed by atoms with Crippen LogP contribution in [0, 0.1) is 0 Å². The van der Waals surface area contributed by atoms with Gasteiger partial charge in [-0.25, -0.2) is 4.98 Å². The number of benzene rings is 2. The first-order valence-electron chi connectivity index (χ1n) is 9.09. The third-order valence-corrected chi connectivity index (χ3v) is 5.73. The lowest BCUT2D eigenvalue weighted by atomic mass is 9.86. The fourth-order valence-corrected chi connectivity index (χ4v) is 4.15. The lowest BCUT2D eigenvalue weighted by molar-refractivity contribution is -0.137. The normalized spacial score (nSPS) is 16.1. The number of carbonyl (C=O) groups excluding carboxylic acids is 1. The summed E-state index contributed by atoms with van der Waals surface area (Å²) in [6, 6.07) is 14.1. The maximum Gasteiger partial charge on any atom is 0.416 e. The number of nitrogens with zero attached hydrogens (tertiary/aromatic N) is 1. The SMILES string of the molecule is O=C1CC(c2ccc(C(F)(F)F)cc2)c2c(nc(SCc3ccccc3)[nH]c2=O)N1. The van der Waals surface area contributed by atoms with Crippen LogP contribution >= 0.6 is 11.8 Å². The van der Waals surface area contributed by atoms with Crippen molar-refractivity contribution in [2.45, 2.75) is 29.4 Å². The van der Waals surface area contributed by atoms with Gasteiger partial charge in [-0.1, -0.05) is 54.2 Å². The average Bonchev–Trinajstić information content (AvgIpc) is 2.71. The van der Waals surface area contributed by atoms with E-state index in [0.717, 1.165) is 17.7 Å². The number of H-pyrrole nitrogens is 1. The third-order valence-electron chi connectivity index (χ3n) is 4.79. The van der Waals surface area contributed by atoms with Gasteiger partial charge in [0.05, 0.1) is 11.1 Å². The minimum absolute atomic E-state index is 0.0420. The van der Waals surface area contributed by atoms with Crippen LogP contribution in [0.15, 0.2) is 64.5 Å². The van der Waals surface area contributed by atoms with Crippen molar-refractivity contribution >= 4 is 23.5 Å². The molecule has 1 unspecified atom stereocenters. The lowest BCUT2D eigenvalue weighted by Gasteiger charge is -2.24. The standard InChI is InChI=1S/C21H16F3N3O2S/c22-21(23,24)14-8-6-13(7-9-14)15-10-16(28)25-18-17(15)19(29)27-20(26-18)30-11-12-4-2-1-3-5-12/h1-9,15H,10-11H2,(H2,25,26,27,28,29). The molecule has 0 saturated carbocycles. The fourth-order valence-electron chi connectivity index (χ4n) is 3.33. The van der Waals surface area contributed by atoms with Gasteiger partial charge >= 0.3 is 6.18 Å². The molecule has 4 rings (SSSR count). The Morgan fingerprint density at radius 3 is 2.40 bits per heavy atom. The molecule has 2 aromatic carbocycles. The Kier molecular flexibility index (Phi) is 5.38. The van der Waals surface area contributed by atoms with Gasteiger partial charge in [-0.3, -0.25) is 9.59 Å². The van der Waals surface area contributed by atoms with Crippen LogP contribution in [0.5, 0.6) is 0 Å². The van der Waals surface area contributed by atoms with Crippen LogP contribution in [0.2, 0.25) is 0 Å². The van der Waals surface area contributed by atoms with Crippen LogP contribution in [0.1, 0.15) is 34.6 Å². The molecular weight excluding hydrogens is 415 g/mol. The second kappa shape index (κ2) is 7.98. The number of halogens is 3. The molecule has 1 aromatic heterocycles. The highest BCUT2D eigenvalue weighted by atomic mass is 32.2. The number of amides is 1. The Hall–Kier alpha value is -3.07. The third kappa shape index (κ3) is 4.25. The zero-order valence-electron chi connectivity index (χ0n) is 15.5. The number of rotatable bonds is 4. The number of hydrogen-bond donors (Lipinski definition) is 2. The summed E-state index contributed by atoms with van der Waals surface area (Å²) in [6.07, 6.45) is -4.50. The highest BCUT2D eigenvalue weighted by Gasteiger charge is 2.33. The molecule has 1 atom stereocenters. The Morgan fingerprint density at radius 2 is 1.73 bits per heavy atom. The summed E-state index contributed by atoms with van der Waals surface area (Å²) < 4.78 is 38.5. The minimum atomic E-state index is -4.45. The Labute approximate surface area is 173 Å². The van der Waals surface area contributed by atoms with Gasteiger partial charge in [0.2, 0.25) is 5.91 Å². The Morgan fingerprint density at radius 1 is 1.03 bits per heavy atom. The number of carbonyl (C=O) groups is 1. The van der Waals surface area contributed by atoms with Gasteiger partial charge in [0.15, 0.2) is 5.16 Å². The molecule has 0 aliphatic carbocycles. The molecule has 0 saturated heterocycles. The number of alkyl halides is 3. The molecule has 9 heteroatoms. The van der Waals surface area contributed by atoms with Crippen LogP contribution in [-0.2, 0) is 16.7 Å². The lowest BCUT2D eigenvalue weighted by Crippen LogP contribution is -2.31. The molecule has 2 N–H and O–H groups in total. The second-order valence-corrected chi connectivity index (χ2v) is 7.80. The Bertz CT molecular complexity index is 1130. The monoisotopic (exact) mass is 431 g/mol. The van der Waals surface area contributed by atoms with E-state index < -0.39 is 23.2 Å². The first-order valence-corrected chi connectivity index (χ1v) is 10.1. The molecule has 2 heterocycles. The number of hydrogen-bond acceptors (Lipinski definition) is 4. The molecule has 1 aliphatic heterocycles. The maximum atomic E-state index is 12.8.